The van der Waals surface area contributed by atoms with Crippen molar-refractivity contribution < 1.29 is 21.6 Å². The number of benzene rings is 1. The number of hydrogen-bond donors (Lipinski definition) is 2. The highest BCUT2D eigenvalue weighted by molar-refractivity contribution is 7.89. The summed E-state index contributed by atoms with van der Waals surface area (Å²) in [6, 6.07) is 7.11. The number of likely N-dealkylation sites (tertiary alicyclic amines) is 1. The van der Waals surface area contributed by atoms with E-state index in [0.717, 1.165) is 30.2 Å². The molecule has 1 fully saturated rings. The first-order valence-corrected chi connectivity index (χ1v) is 12.1. The van der Waals surface area contributed by atoms with Crippen molar-refractivity contribution in [1.29, 1.82) is 0 Å². The topological polar surface area (TPSA) is 105 Å². The van der Waals surface area contributed by atoms with Crippen molar-refractivity contribution in [3.63, 3.8) is 0 Å². The van der Waals surface area contributed by atoms with Gasteiger partial charge in [-0.2, -0.15) is 0 Å². The summed E-state index contributed by atoms with van der Waals surface area (Å²) < 4.78 is 56.7. The molecule has 0 bridgehead atoms. The van der Waals surface area contributed by atoms with E-state index in [1.54, 1.807) is 7.11 Å². The van der Waals surface area contributed by atoms with Crippen molar-refractivity contribution in [3.8, 4) is 5.75 Å². The maximum atomic E-state index is 11.6. The molecule has 1 aliphatic rings. The van der Waals surface area contributed by atoms with Gasteiger partial charge in [-0.1, -0.05) is 12.1 Å². The smallest absolute Gasteiger partial charge is 0.208 e. The van der Waals surface area contributed by atoms with Gasteiger partial charge in [0.25, 0.3) is 0 Å². The molecule has 0 saturated carbocycles. The van der Waals surface area contributed by atoms with Gasteiger partial charge in [-0.05, 0) is 30.5 Å². The Hall–Kier alpha value is -1.20. The third kappa shape index (κ3) is 7.58. The van der Waals surface area contributed by atoms with Crippen molar-refractivity contribution in [2.75, 3.05) is 39.3 Å². The van der Waals surface area contributed by atoms with E-state index in [1.165, 1.54) is 0 Å². The summed E-state index contributed by atoms with van der Waals surface area (Å²) in [6.45, 7) is 1.77. The van der Waals surface area contributed by atoms with Gasteiger partial charge in [0.1, 0.15) is 5.75 Å². The van der Waals surface area contributed by atoms with E-state index in [0.29, 0.717) is 26.1 Å². The molecule has 1 heterocycles. The first-order valence-electron chi connectivity index (χ1n) is 8.34. The van der Waals surface area contributed by atoms with Gasteiger partial charge in [0, 0.05) is 31.7 Å². The Morgan fingerprint density at radius 3 is 2.15 bits per heavy atom. The second kappa shape index (κ2) is 8.66. The summed E-state index contributed by atoms with van der Waals surface area (Å²) in [5.41, 5.74) is 1.11. The van der Waals surface area contributed by atoms with Crippen molar-refractivity contribution in [2.45, 2.75) is 24.9 Å². The summed E-state index contributed by atoms with van der Waals surface area (Å²) in [5.74, 6) is 0.786. The Kier molecular flexibility index (Phi) is 7.03. The number of methoxy groups -OCH3 is 1. The lowest BCUT2D eigenvalue weighted by Crippen LogP contribution is -2.57. The molecule has 1 aliphatic heterocycles. The average molecular weight is 406 g/mol. The third-order valence-electron chi connectivity index (χ3n) is 4.14. The lowest BCUT2D eigenvalue weighted by molar-refractivity contribution is 0.178. The van der Waals surface area contributed by atoms with Crippen molar-refractivity contribution in [1.82, 2.24) is 14.3 Å². The third-order valence-corrected chi connectivity index (χ3v) is 5.66. The summed E-state index contributed by atoms with van der Waals surface area (Å²) in [6.07, 6.45) is 3.41. The van der Waals surface area contributed by atoms with Crippen LogP contribution in [-0.4, -0.2) is 73.1 Å². The molecule has 0 aromatic heterocycles. The quantitative estimate of drug-likeness (QED) is 0.620. The molecular formula is C16H27N3O5S2. The number of nitrogens with zero attached hydrogens (tertiary/aromatic N) is 1. The largest absolute Gasteiger partial charge is 0.497 e. The SMILES string of the molecule is COc1cccc(CCN2CC(NS(C)(=O)=O)CC(NS(C)(=O)=O)C2)c1. The number of ether oxygens (including phenoxy) is 1. The zero-order chi connectivity index (χ0) is 19.4. The molecule has 10 heteroatoms. The fourth-order valence-electron chi connectivity index (χ4n) is 3.26. The number of nitrogens with one attached hydrogen (secondary N) is 2. The molecule has 2 unspecified atom stereocenters. The van der Waals surface area contributed by atoms with Crippen LogP contribution in [0.5, 0.6) is 5.75 Å². The predicted octanol–water partition coefficient (Wildman–Crippen LogP) is -0.221. The molecule has 0 radical (unpaired) electrons. The van der Waals surface area contributed by atoms with Gasteiger partial charge >= 0.3 is 0 Å². The van der Waals surface area contributed by atoms with Crippen molar-refractivity contribution >= 4 is 20.0 Å². The first-order chi connectivity index (χ1) is 12.0. The monoisotopic (exact) mass is 405 g/mol. The van der Waals surface area contributed by atoms with Crippen LogP contribution in [0.3, 0.4) is 0 Å². The lowest BCUT2D eigenvalue weighted by Gasteiger charge is -2.37. The van der Waals surface area contributed by atoms with Crippen LogP contribution in [0, 0.1) is 0 Å². The van der Waals surface area contributed by atoms with Crippen LogP contribution in [-0.2, 0) is 26.5 Å². The summed E-state index contributed by atoms with van der Waals surface area (Å²) in [7, 11) is -5.10. The van der Waals surface area contributed by atoms with Crippen LogP contribution in [0.1, 0.15) is 12.0 Å². The number of piperidine rings is 1. The van der Waals surface area contributed by atoms with Crippen LogP contribution in [0.25, 0.3) is 0 Å². The van der Waals surface area contributed by atoms with Crippen LogP contribution in [0.15, 0.2) is 24.3 Å². The lowest BCUT2D eigenvalue weighted by atomic mass is 10.0. The molecule has 1 saturated heterocycles. The Balaban J connectivity index is 2.04. The van der Waals surface area contributed by atoms with Gasteiger partial charge in [0.2, 0.25) is 20.0 Å². The maximum Gasteiger partial charge on any atom is 0.208 e. The predicted molar refractivity (Wildman–Crippen MR) is 101 cm³/mol. The molecule has 2 N–H and O–H groups in total. The molecule has 2 rings (SSSR count). The number of rotatable bonds is 8. The minimum absolute atomic E-state index is 0.330. The minimum Gasteiger partial charge on any atom is -0.497 e. The van der Waals surface area contributed by atoms with E-state index >= 15 is 0 Å². The van der Waals surface area contributed by atoms with E-state index in [1.807, 2.05) is 24.3 Å². The molecule has 0 amide bonds. The van der Waals surface area contributed by atoms with Gasteiger partial charge in [-0.15, -0.1) is 0 Å². The van der Waals surface area contributed by atoms with E-state index in [2.05, 4.69) is 14.3 Å². The van der Waals surface area contributed by atoms with Gasteiger partial charge in [-0.3, -0.25) is 4.90 Å². The standard InChI is InChI=1S/C16H27N3O5S2/c1-24-16-6-4-5-13(9-16)7-8-19-11-14(17-25(2,20)21)10-15(12-19)18-26(3,22)23/h4-6,9,14-15,17-18H,7-8,10-12H2,1-3H3. The fourth-order valence-corrected chi connectivity index (χ4v) is 4.82. The highest BCUT2D eigenvalue weighted by atomic mass is 32.2. The highest BCUT2D eigenvalue weighted by Crippen LogP contribution is 2.16. The molecule has 8 nitrogen and oxygen atoms in total. The highest BCUT2D eigenvalue weighted by Gasteiger charge is 2.30. The van der Waals surface area contributed by atoms with E-state index < -0.39 is 20.0 Å². The Morgan fingerprint density at radius 1 is 1.08 bits per heavy atom. The summed E-state index contributed by atoms with van der Waals surface area (Å²) in [4.78, 5) is 2.08. The number of hydrogen-bond acceptors (Lipinski definition) is 6. The minimum atomic E-state index is -3.36. The fraction of sp³-hybridized carbons (Fsp3) is 0.625. The van der Waals surface area contributed by atoms with Crippen LogP contribution in [0.2, 0.25) is 0 Å². The van der Waals surface area contributed by atoms with Crippen LogP contribution in [0.4, 0.5) is 0 Å². The van der Waals surface area contributed by atoms with Crippen LogP contribution >= 0.6 is 0 Å². The molecule has 26 heavy (non-hydrogen) atoms. The summed E-state index contributed by atoms with van der Waals surface area (Å²) in [5, 5.41) is 0. The molecule has 0 aliphatic carbocycles. The van der Waals surface area contributed by atoms with E-state index in [-0.39, 0.29) is 12.1 Å². The normalized spacial score (nSPS) is 22.3. The maximum absolute atomic E-state index is 11.6. The molecule has 1 aromatic carbocycles. The second-order valence-electron chi connectivity index (χ2n) is 6.77. The molecule has 1 aromatic rings. The molecule has 148 valence electrons. The molecular weight excluding hydrogens is 378 g/mol. The summed E-state index contributed by atoms with van der Waals surface area (Å²) >= 11 is 0. The zero-order valence-electron chi connectivity index (χ0n) is 15.3. The van der Waals surface area contributed by atoms with Crippen molar-refractivity contribution in [2.24, 2.45) is 0 Å². The Bertz CT molecular complexity index is 769. The number of sulfonamides is 2. The van der Waals surface area contributed by atoms with Crippen LogP contribution < -0.4 is 14.2 Å². The van der Waals surface area contributed by atoms with Crippen molar-refractivity contribution in [3.05, 3.63) is 29.8 Å². The average Bonchev–Trinajstić information content (AvgIpc) is 2.49. The van der Waals surface area contributed by atoms with Gasteiger partial charge in [-0.25, -0.2) is 26.3 Å². The van der Waals surface area contributed by atoms with Gasteiger partial charge < -0.3 is 4.74 Å². The van der Waals surface area contributed by atoms with Gasteiger partial charge in [0.05, 0.1) is 19.6 Å². The molecule has 2 atom stereocenters. The Morgan fingerprint density at radius 2 is 1.65 bits per heavy atom. The first kappa shape index (κ1) is 21.1. The molecule has 0 spiro atoms. The van der Waals surface area contributed by atoms with Gasteiger partial charge in [0.15, 0.2) is 0 Å². The Labute approximate surface area is 156 Å². The van der Waals surface area contributed by atoms with E-state index in [4.69, 9.17) is 4.74 Å². The second-order valence-corrected chi connectivity index (χ2v) is 10.3. The van der Waals surface area contributed by atoms with E-state index in [9.17, 15) is 16.8 Å². The zero-order valence-corrected chi connectivity index (χ0v) is 16.9.